The second-order valence-corrected chi connectivity index (χ2v) is 8.69. The number of aromatic nitrogens is 2. The molecule has 190 valence electrons. The first-order valence-corrected chi connectivity index (χ1v) is 11.7. The summed E-state index contributed by atoms with van der Waals surface area (Å²) in [5, 5.41) is 26.6. The summed E-state index contributed by atoms with van der Waals surface area (Å²) in [5.74, 6) is -2.29. The van der Waals surface area contributed by atoms with Gasteiger partial charge in [0.2, 0.25) is 11.7 Å². The number of hydrogen-bond donors (Lipinski definition) is 3. The van der Waals surface area contributed by atoms with E-state index in [1.165, 1.54) is 24.4 Å². The average molecular weight is 513 g/mol. The molecular weight excluding hydrogens is 491 g/mol. The molecule has 1 fully saturated rings. The van der Waals surface area contributed by atoms with Crippen molar-refractivity contribution < 1.29 is 23.6 Å². The van der Waals surface area contributed by atoms with Gasteiger partial charge in [0.15, 0.2) is 5.82 Å². The number of phenols is 1. The number of amides is 2. The number of primary amides is 1. The fourth-order valence-electron chi connectivity index (χ4n) is 4.56. The standard InChI is InChI=1S/C27H21FN6O4/c28-16-6-7-18(23(35)12-16)21-13-19(20(14-29)26(32-21)33-27(37)24-8-9-31-38-24)15-3-1-4-17(11-15)34-10-2-5-22(34)25(30)36/h1,3-4,6-9,11-13,22,35H,2,5,10H2,(H2,30,36)(H,32,33,37)/t22-/m1/s1. The van der Waals surface area contributed by atoms with E-state index >= 15 is 0 Å². The van der Waals surface area contributed by atoms with Gasteiger partial charge in [0.05, 0.1) is 11.9 Å². The zero-order valence-electron chi connectivity index (χ0n) is 19.9. The van der Waals surface area contributed by atoms with Crippen LogP contribution in [0.2, 0.25) is 0 Å². The number of nitrogens with zero attached hydrogens (tertiary/aromatic N) is 4. The van der Waals surface area contributed by atoms with Gasteiger partial charge in [0.1, 0.15) is 29.2 Å². The van der Waals surface area contributed by atoms with Crippen molar-refractivity contribution in [1.29, 1.82) is 5.26 Å². The maximum atomic E-state index is 13.7. The number of rotatable bonds is 6. The van der Waals surface area contributed by atoms with E-state index in [-0.39, 0.29) is 34.1 Å². The summed E-state index contributed by atoms with van der Waals surface area (Å²) in [6.07, 6.45) is 2.75. The lowest BCUT2D eigenvalue weighted by Gasteiger charge is -2.25. The number of nitrogens with two attached hydrogens (primary N) is 1. The van der Waals surface area contributed by atoms with Crippen LogP contribution in [0.25, 0.3) is 22.4 Å². The first-order chi connectivity index (χ1) is 18.4. The Morgan fingerprint density at radius 2 is 2.03 bits per heavy atom. The van der Waals surface area contributed by atoms with Gasteiger partial charge in [-0.05, 0) is 48.7 Å². The zero-order valence-corrected chi connectivity index (χ0v) is 19.9. The van der Waals surface area contributed by atoms with E-state index in [2.05, 4.69) is 21.5 Å². The molecule has 0 radical (unpaired) electrons. The quantitative estimate of drug-likeness (QED) is 0.352. The number of halogens is 1. The molecule has 0 bridgehead atoms. The highest BCUT2D eigenvalue weighted by Crippen LogP contribution is 2.37. The predicted octanol–water partition coefficient (Wildman–Crippen LogP) is 3.83. The van der Waals surface area contributed by atoms with E-state index in [0.717, 1.165) is 18.2 Å². The first-order valence-electron chi connectivity index (χ1n) is 11.7. The van der Waals surface area contributed by atoms with Crippen molar-refractivity contribution in [3.63, 3.8) is 0 Å². The third-order valence-corrected chi connectivity index (χ3v) is 6.33. The number of pyridine rings is 1. The summed E-state index contributed by atoms with van der Waals surface area (Å²) < 4.78 is 18.6. The maximum Gasteiger partial charge on any atom is 0.295 e. The number of anilines is 2. The van der Waals surface area contributed by atoms with E-state index in [9.17, 15) is 24.3 Å². The van der Waals surface area contributed by atoms with Crippen molar-refractivity contribution in [3.8, 4) is 34.2 Å². The van der Waals surface area contributed by atoms with Crippen molar-refractivity contribution in [1.82, 2.24) is 10.1 Å². The molecule has 0 spiro atoms. The van der Waals surface area contributed by atoms with Crippen molar-refractivity contribution in [3.05, 3.63) is 77.9 Å². The third kappa shape index (κ3) is 4.62. The number of benzene rings is 2. The molecule has 1 saturated heterocycles. The van der Waals surface area contributed by atoms with Gasteiger partial charge >= 0.3 is 0 Å². The summed E-state index contributed by atoms with van der Waals surface area (Å²) in [4.78, 5) is 31.0. The normalized spacial score (nSPS) is 14.7. The maximum absolute atomic E-state index is 13.7. The molecule has 0 unspecified atom stereocenters. The molecule has 1 aliphatic rings. The van der Waals surface area contributed by atoms with Crippen molar-refractivity contribution in [2.24, 2.45) is 5.73 Å². The summed E-state index contributed by atoms with van der Waals surface area (Å²) in [6.45, 7) is 0.645. The second kappa shape index (κ2) is 10.0. The molecule has 0 saturated carbocycles. The van der Waals surface area contributed by atoms with Gasteiger partial charge in [0.25, 0.3) is 5.91 Å². The Hall–Kier alpha value is -5.24. The smallest absolute Gasteiger partial charge is 0.295 e. The Bertz CT molecular complexity index is 1580. The molecule has 11 heteroatoms. The lowest BCUT2D eigenvalue weighted by atomic mass is 9.97. The number of aromatic hydroxyl groups is 1. The van der Waals surface area contributed by atoms with Gasteiger partial charge < -0.3 is 25.6 Å². The van der Waals surface area contributed by atoms with Gasteiger partial charge in [-0.15, -0.1) is 0 Å². The van der Waals surface area contributed by atoms with Crippen LogP contribution in [0.4, 0.5) is 15.9 Å². The van der Waals surface area contributed by atoms with Gasteiger partial charge in [0, 0.05) is 35.5 Å². The summed E-state index contributed by atoms with van der Waals surface area (Å²) >= 11 is 0. The Morgan fingerprint density at radius 3 is 2.74 bits per heavy atom. The predicted molar refractivity (Wildman–Crippen MR) is 135 cm³/mol. The first kappa shape index (κ1) is 24.5. The molecule has 2 aromatic carbocycles. The van der Waals surface area contributed by atoms with E-state index in [0.29, 0.717) is 24.1 Å². The molecule has 1 aliphatic heterocycles. The monoisotopic (exact) mass is 512 g/mol. The molecule has 4 aromatic rings. The Morgan fingerprint density at radius 1 is 1.18 bits per heavy atom. The molecule has 1 atom stereocenters. The topological polar surface area (TPSA) is 158 Å². The van der Waals surface area contributed by atoms with Crippen LogP contribution in [0.1, 0.15) is 29.0 Å². The summed E-state index contributed by atoms with van der Waals surface area (Å²) in [6, 6.07) is 15.3. The Labute approximate surface area is 216 Å². The van der Waals surface area contributed by atoms with E-state index in [1.807, 2.05) is 17.0 Å². The van der Waals surface area contributed by atoms with Crippen LogP contribution < -0.4 is 16.0 Å². The second-order valence-electron chi connectivity index (χ2n) is 8.69. The van der Waals surface area contributed by atoms with Crippen LogP contribution >= 0.6 is 0 Å². The van der Waals surface area contributed by atoms with Crippen LogP contribution in [-0.2, 0) is 4.79 Å². The molecule has 3 heterocycles. The minimum Gasteiger partial charge on any atom is -0.507 e. The van der Waals surface area contributed by atoms with Crippen LogP contribution in [0, 0.1) is 17.1 Å². The highest BCUT2D eigenvalue weighted by Gasteiger charge is 2.29. The molecule has 38 heavy (non-hydrogen) atoms. The number of phenolic OH excluding ortho intramolecular Hbond substituents is 1. The lowest BCUT2D eigenvalue weighted by molar-refractivity contribution is -0.119. The number of nitriles is 1. The Kier molecular flexibility index (Phi) is 6.45. The highest BCUT2D eigenvalue weighted by atomic mass is 19.1. The Balaban J connectivity index is 1.66. The molecule has 5 rings (SSSR count). The lowest BCUT2D eigenvalue weighted by Crippen LogP contribution is -2.40. The number of nitrogens with one attached hydrogen (secondary N) is 1. The number of hydrogen-bond acceptors (Lipinski definition) is 8. The van der Waals surface area contributed by atoms with Crippen LogP contribution in [0.3, 0.4) is 0 Å². The molecule has 0 aliphatic carbocycles. The van der Waals surface area contributed by atoms with Gasteiger partial charge in [-0.25, -0.2) is 9.37 Å². The highest BCUT2D eigenvalue weighted by molar-refractivity contribution is 6.03. The van der Waals surface area contributed by atoms with Crippen LogP contribution in [0.5, 0.6) is 5.75 Å². The van der Waals surface area contributed by atoms with Gasteiger partial charge in [-0.1, -0.05) is 17.3 Å². The fourth-order valence-corrected chi connectivity index (χ4v) is 4.56. The summed E-state index contributed by atoms with van der Waals surface area (Å²) in [5.41, 5.74) is 7.75. The number of carbonyl (C=O) groups excluding carboxylic acids is 2. The number of carbonyl (C=O) groups is 2. The molecule has 4 N–H and O–H groups in total. The zero-order chi connectivity index (χ0) is 26.8. The van der Waals surface area contributed by atoms with Crippen molar-refractivity contribution in [2.45, 2.75) is 18.9 Å². The molecule has 2 amide bonds. The van der Waals surface area contributed by atoms with E-state index in [1.54, 1.807) is 18.2 Å². The van der Waals surface area contributed by atoms with Crippen molar-refractivity contribution in [2.75, 3.05) is 16.8 Å². The van der Waals surface area contributed by atoms with E-state index < -0.39 is 23.7 Å². The van der Waals surface area contributed by atoms with Crippen molar-refractivity contribution >= 4 is 23.3 Å². The van der Waals surface area contributed by atoms with Crippen LogP contribution in [0.15, 0.2) is 65.3 Å². The molecule has 10 nitrogen and oxygen atoms in total. The van der Waals surface area contributed by atoms with Gasteiger partial charge in [-0.2, -0.15) is 5.26 Å². The summed E-state index contributed by atoms with van der Waals surface area (Å²) in [7, 11) is 0. The largest absolute Gasteiger partial charge is 0.507 e. The SMILES string of the molecule is N#Cc1c(-c2cccc(N3CCC[C@@H]3C(N)=O)c2)cc(-c2ccc(F)cc2O)nc1NC(=O)c1ccno1. The average Bonchev–Trinajstić information content (AvgIpc) is 3.61. The third-order valence-electron chi connectivity index (χ3n) is 6.33. The minimum atomic E-state index is -0.687. The molecule has 2 aromatic heterocycles. The van der Waals surface area contributed by atoms with Gasteiger partial charge in [-0.3, -0.25) is 9.59 Å². The minimum absolute atomic E-state index is 0.0493. The van der Waals surface area contributed by atoms with E-state index in [4.69, 9.17) is 10.3 Å². The fraction of sp³-hybridized carbons (Fsp3) is 0.148. The molecular formula is C27H21FN6O4. The van der Waals surface area contributed by atoms with Crippen LogP contribution in [-0.4, -0.2) is 39.6 Å².